The molecule has 1 aliphatic carbocycles. The van der Waals surface area contributed by atoms with Crippen LogP contribution < -0.4 is 21.3 Å². The molecule has 0 radical (unpaired) electrons. The molecule has 1 saturated heterocycles. The number of piperidine rings is 1. The molecule has 4 aliphatic rings. The smallest absolute Gasteiger partial charge is 0.247 e. The van der Waals surface area contributed by atoms with Crippen molar-refractivity contribution in [3.63, 3.8) is 0 Å². The lowest BCUT2D eigenvalue weighted by atomic mass is 9.92. The SMILES string of the molecule is N#C[C@H](C[C@@H]1CCCNC1=O)NC(=O)[C@H](CC1CC1)NC(=O)C1C=C2C(=CC=NC2(Cl)Cl)N1. The van der Waals surface area contributed by atoms with Gasteiger partial charge in [-0.25, -0.2) is 0 Å². The Morgan fingerprint density at radius 3 is 2.73 bits per heavy atom. The molecule has 2 fully saturated rings. The van der Waals surface area contributed by atoms with Crippen molar-refractivity contribution in [2.75, 3.05) is 6.54 Å². The number of hydrogen-bond donors (Lipinski definition) is 4. The Hall–Kier alpha value is -2.57. The van der Waals surface area contributed by atoms with Gasteiger partial charge in [-0.05, 0) is 43.8 Å². The number of alkyl halides is 2. The fourth-order valence-electron chi connectivity index (χ4n) is 4.30. The minimum atomic E-state index is -1.47. The number of nitriles is 1. The zero-order valence-corrected chi connectivity index (χ0v) is 19.5. The molecule has 4 N–H and O–H groups in total. The van der Waals surface area contributed by atoms with Crippen LogP contribution in [-0.4, -0.2) is 53.1 Å². The predicted molar refractivity (Wildman–Crippen MR) is 123 cm³/mol. The second-order valence-corrected chi connectivity index (χ2v) is 10.2. The van der Waals surface area contributed by atoms with Gasteiger partial charge >= 0.3 is 0 Å². The lowest BCUT2D eigenvalue weighted by molar-refractivity contribution is -0.130. The molecule has 0 aromatic carbocycles. The van der Waals surface area contributed by atoms with Gasteiger partial charge in [0.1, 0.15) is 18.1 Å². The maximum absolute atomic E-state index is 13.0. The van der Waals surface area contributed by atoms with Gasteiger partial charge in [0.05, 0.1) is 6.07 Å². The molecular formula is C22H26Cl2N6O3. The molecule has 11 heteroatoms. The summed E-state index contributed by atoms with van der Waals surface area (Å²) in [7, 11) is 0. The number of hydrogen-bond acceptors (Lipinski definition) is 6. The lowest BCUT2D eigenvalue weighted by Gasteiger charge is -2.25. The van der Waals surface area contributed by atoms with Gasteiger partial charge in [0.25, 0.3) is 0 Å². The van der Waals surface area contributed by atoms with Crippen LogP contribution in [-0.2, 0) is 14.4 Å². The van der Waals surface area contributed by atoms with E-state index in [1.165, 1.54) is 6.21 Å². The Kier molecular flexibility index (Phi) is 6.96. The molecule has 0 aromatic rings. The monoisotopic (exact) mass is 492 g/mol. The van der Waals surface area contributed by atoms with Crippen molar-refractivity contribution in [3.8, 4) is 6.07 Å². The van der Waals surface area contributed by atoms with E-state index in [1.807, 2.05) is 0 Å². The molecule has 0 bridgehead atoms. The first-order valence-electron chi connectivity index (χ1n) is 11.2. The maximum atomic E-state index is 13.0. The first kappa shape index (κ1) is 23.6. The van der Waals surface area contributed by atoms with Crippen molar-refractivity contribution < 1.29 is 14.4 Å². The van der Waals surface area contributed by atoms with Gasteiger partial charge in [-0.15, -0.1) is 0 Å². The van der Waals surface area contributed by atoms with Crippen molar-refractivity contribution in [1.29, 1.82) is 5.26 Å². The Morgan fingerprint density at radius 1 is 1.27 bits per heavy atom. The second-order valence-electron chi connectivity index (χ2n) is 8.90. The first-order chi connectivity index (χ1) is 15.8. The van der Waals surface area contributed by atoms with Crippen LogP contribution in [0.3, 0.4) is 0 Å². The van der Waals surface area contributed by atoms with Crippen molar-refractivity contribution in [1.82, 2.24) is 21.3 Å². The number of nitrogens with one attached hydrogen (secondary N) is 4. The highest BCUT2D eigenvalue weighted by Crippen LogP contribution is 2.40. The summed E-state index contributed by atoms with van der Waals surface area (Å²) in [5.41, 5.74) is 1.10. The van der Waals surface area contributed by atoms with Crippen LogP contribution in [0.5, 0.6) is 0 Å². The maximum Gasteiger partial charge on any atom is 0.247 e. The summed E-state index contributed by atoms with van der Waals surface area (Å²) in [6.45, 7) is 0.636. The van der Waals surface area contributed by atoms with Gasteiger partial charge in [0, 0.05) is 29.9 Å². The lowest BCUT2D eigenvalue weighted by Crippen LogP contribution is -2.53. The van der Waals surface area contributed by atoms with Crippen molar-refractivity contribution in [2.45, 2.75) is 61.1 Å². The van der Waals surface area contributed by atoms with E-state index in [0.29, 0.717) is 36.6 Å². The number of aliphatic imine (C=N–C) groups is 1. The molecule has 3 aliphatic heterocycles. The van der Waals surface area contributed by atoms with E-state index in [9.17, 15) is 19.6 Å². The molecule has 1 unspecified atom stereocenters. The zero-order chi connectivity index (χ0) is 23.6. The molecule has 176 valence electrons. The minimum Gasteiger partial charge on any atom is -0.370 e. The molecule has 0 aromatic heterocycles. The van der Waals surface area contributed by atoms with E-state index in [2.05, 4.69) is 32.3 Å². The molecule has 33 heavy (non-hydrogen) atoms. The van der Waals surface area contributed by atoms with Gasteiger partial charge < -0.3 is 21.3 Å². The summed E-state index contributed by atoms with van der Waals surface area (Å²) in [5.74, 6) is -0.860. The van der Waals surface area contributed by atoms with Crippen LogP contribution in [0.4, 0.5) is 0 Å². The number of fused-ring (bicyclic) bond motifs is 1. The molecule has 9 nitrogen and oxygen atoms in total. The highest BCUT2D eigenvalue weighted by Gasteiger charge is 2.40. The molecule has 4 rings (SSSR count). The summed E-state index contributed by atoms with van der Waals surface area (Å²) in [6, 6.07) is -0.271. The Labute approximate surface area is 202 Å². The minimum absolute atomic E-state index is 0.0895. The van der Waals surface area contributed by atoms with Gasteiger partial charge in [0.15, 0.2) is 0 Å². The quantitative estimate of drug-likeness (QED) is 0.298. The van der Waals surface area contributed by atoms with Crippen LogP contribution in [0.25, 0.3) is 0 Å². The number of amides is 3. The van der Waals surface area contributed by atoms with Crippen LogP contribution >= 0.6 is 23.2 Å². The number of carbonyl (C=O) groups excluding carboxylic acids is 3. The summed E-state index contributed by atoms with van der Waals surface area (Å²) in [4.78, 5) is 42.0. The third-order valence-electron chi connectivity index (χ3n) is 6.31. The molecule has 3 heterocycles. The van der Waals surface area contributed by atoms with Crippen molar-refractivity contribution in [2.24, 2.45) is 16.8 Å². The van der Waals surface area contributed by atoms with E-state index in [1.54, 1.807) is 12.2 Å². The summed E-state index contributed by atoms with van der Waals surface area (Å²) in [5, 5.41) is 20.9. The number of dihydropyridines is 1. The van der Waals surface area contributed by atoms with E-state index in [-0.39, 0.29) is 18.2 Å². The number of halogens is 2. The average Bonchev–Trinajstić information content (AvgIpc) is 3.48. The van der Waals surface area contributed by atoms with E-state index in [0.717, 1.165) is 19.3 Å². The molecule has 1 saturated carbocycles. The highest BCUT2D eigenvalue weighted by molar-refractivity contribution is 6.51. The number of rotatable bonds is 8. The number of carbonyl (C=O) groups is 3. The first-order valence-corrected chi connectivity index (χ1v) is 11.9. The standard InChI is InChI=1S/C22H26Cl2N6O3/c23-22(24)15-10-18(29-16(15)5-7-27-22)21(33)30-17(8-12-3-4-12)20(32)28-14(11-25)9-13-2-1-6-26-19(13)31/h5,7,10,12-14,17-18,29H,1-4,6,8-9H2,(H,26,31)(H,28,32)(H,30,33)/t13-,14-,17-,18?/m0/s1. The predicted octanol–water partition coefficient (Wildman–Crippen LogP) is 1.19. The third-order valence-corrected chi connectivity index (χ3v) is 6.91. The van der Waals surface area contributed by atoms with Crippen LogP contribution in [0.2, 0.25) is 0 Å². The molecule has 3 amide bonds. The van der Waals surface area contributed by atoms with Gasteiger partial charge in [-0.3, -0.25) is 19.4 Å². The topological polar surface area (TPSA) is 135 Å². The highest BCUT2D eigenvalue weighted by atomic mass is 35.5. The summed E-state index contributed by atoms with van der Waals surface area (Å²) in [6.07, 6.45) is 9.02. The van der Waals surface area contributed by atoms with E-state index in [4.69, 9.17) is 23.2 Å². The van der Waals surface area contributed by atoms with Gasteiger partial charge in [-0.2, -0.15) is 5.26 Å². The Balaban J connectivity index is 1.39. The largest absolute Gasteiger partial charge is 0.370 e. The van der Waals surface area contributed by atoms with Crippen molar-refractivity contribution >= 4 is 47.1 Å². The Bertz CT molecular complexity index is 966. The number of allylic oxidation sites excluding steroid dienone is 1. The van der Waals surface area contributed by atoms with Gasteiger partial charge in [0.2, 0.25) is 22.2 Å². The van der Waals surface area contributed by atoms with E-state index >= 15 is 0 Å². The van der Waals surface area contributed by atoms with E-state index < -0.39 is 34.4 Å². The third kappa shape index (κ3) is 5.68. The summed E-state index contributed by atoms with van der Waals surface area (Å²) < 4.78 is -1.47. The fourth-order valence-corrected chi connectivity index (χ4v) is 4.74. The van der Waals surface area contributed by atoms with Crippen LogP contribution in [0.15, 0.2) is 28.4 Å². The average molecular weight is 493 g/mol. The Morgan fingerprint density at radius 2 is 2.06 bits per heavy atom. The molecule has 4 atom stereocenters. The summed E-state index contributed by atoms with van der Waals surface area (Å²) >= 11 is 12.4. The normalized spacial score (nSPS) is 27.0. The zero-order valence-electron chi connectivity index (χ0n) is 17.9. The molecule has 0 spiro atoms. The van der Waals surface area contributed by atoms with Crippen LogP contribution in [0, 0.1) is 23.2 Å². The fraction of sp³-hybridized carbons (Fsp3) is 0.591. The van der Waals surface area contributed by atoms with Crippen LogP contribution in [0.1, 0.15) is 38.5 Å². The second kappa shape index (κ2) is 9.74. The molecular weight excluding hydrogens is 467 g/mol. The van der Waals surface area contributed by atoms with Crippen molar-refractivity contribution in [3.05, 3.63) is 23.4 Å². The number of nitrogens with zero attached hydrogens (tertiary/aromatic N) is 2. The van der Waals surface area contributed by atoms with Gasteiger partial charge in [-0.1, -0.05) is 36.0 Å².